The van der Waals surface area contributed by atoms with Crippen LogP contribution in [-0.4, -0.2) is 28.9 Å². The molecular weight excluding hydrogens is 212 g/mol. The van der Waals surface area contributed by atoms with Crippen LogP contribution in [0.1, 0.15) is 26.2 Å². The summed E-state index contributed by atoms with van der Waals surface area (Å²) in [4.78, 5) is 22.6. The van der Waals surface area contributed by atoms with Gasteiger partial charge >= 0.3 is 11.9 Å². The van der Waals surface area contributed by atoms with E-state index in [1.165, 1.54) is 6.92 Å². The minimum absolute atomic E-state index is 0.208. The first-order chi connectivity index (χ1) is 7.42. The van der Waals surface area contributed by atoms with E-state index in [0.717, 1.165) is 0 Å². The van der Waals surface area contributed by atoms with Crippen molar-refractivity contribution in [2.75, 3.05) is 0 Å². The molecule has 2 fully saturated rings. The molecule has 88 valence electrons. The maximum absolute atomic E-state index is 11.3. The summed E-state index contributed by atoms with van der Waals surface area (Å²) in [6.45, 7) is 4.98. The van der Waals surface area contributed by atoms with Crippen molar-refractivity contribution in [2.45, 2.75) is 38.1 Å². The Labute approximate surface area is 93.0 Å². The van der Waals surface area contributed by atoms with Gasteiger partial charge in [-0.15, -0.1) is 0 Å². The van der Waals surface area contributed by atoms with Crippen molar-refractivity contribution in [2.24, 2.45) is 5.92 Å². The molecule has 2 rings (SSSR count). The highest BCUT2D eigenvalue weighted by molar-refractivity contribution is 5.87. The Morgan fingerprint density at radius 1 is 1.62 bits per heavy atom. The molecule has 1 heterocycles. The predicted molar refractivity (Wildman–Crippen MR) is 53.1 cm³/mol. The van der Waals surface area contributed by atoms with E-state index in [4.69, 9.17) is 9.47 Å². The molecule has 0 radical (unpaired) electrons. The Hall–Kier alpha value is -1.36. The predicted octanol–water partition coefficient (Wildman–Crippen LogP) is 0.520. The molecule has 0 aromatic rings. The molecule has 1 aliphatic heterocycles. The zero-order chi connectivity index (χ0) is 11.9. The van der Waals surface area contributed by atoms with Gasteiger partial charge in [-0.25, -0.2) is 4.79 Å². The van der Waals surface area contributed by atoms with Crippen molar-refractivity contribution in [3.8, 4) is 0 Å². The van der Waals surface area contributed by atoms with Crippen molar-refractivity contribution in [1.29, 1.82) is 0 Å². The van der Waals surface area contributed by atoms with Gasteiger partial charge < -0.3 is 14.6 Å². The lowest BCUT2D eigenvalue weighted by atomic mass is 9.85. The van der Waals surface area contributed by atoms with E-state index >= 15 is 0 Å². The van der Waals surface area contributed by atoms with Crippen LogP contribution >= 0.6 is 0 Å². The van der Waals surface area contributed by atoms with Crippen LogP contribution in [0.3, 0.4) is 0 Å². The van der Waals surface area contributed by atoms with Gasteiger partial charge in [0.2, 0.25) is 5.79 Å². The van der Waals surface area contributed by atoms with Crippen molar-refractivity contribution in [3.05, 3.63) is 12.2 Å². The zero-order valence-corrected chi connectivity index (χ0v) is 9.06. The van der Waals surface area contributed by atoms with E-state index in [0.29, 0.717) is 12.8 Å². The highest BCUT2D eigenvalue weighted by atomic mass is 16.7. The second kappa shape index (κ2) is 3.59. The second-order valence-corrected chi connectivity index (χ2v) is 4.42. The first kappa shape index (κ1) is 11.1. The van der Waals surface area contributed by atoms with E-state index in [1.807, 2.05) is 0 Å². The molecular formula is C11H14O5. The molecule has 2 bridgehead atoms. The van der Waals surface area contributed by atoms with E-state index in [1.54, 1.807) is 0 Å². The summed E-state index contributed by atoms with van der Waals surface area (Å²) >= 11 is 0. The number of fused-ring (bicyclic) bond motifs is 2. The van der Waals surface area contributed by atoms with Crippen LogP contribution in [0, 0.1) is 5.92 Å². The molecule has 2 aliphatic rings. The molecule has 0 aromatic heterocycles. The van der Waals surface area contributed by atoms with E-state index in [-0.39, 0.29) is 17.9 Å². The zero-order valence-electron chi connectivity index (χ0n) is 9.06. The summed E-state index contributed by atoms with van der Waals surface area (Å²) in [6.07, 6.45) is 0.445. The molecule has 0 amide bonds. The van der Waals surface area contributed by atoms with Gasteiger partial charge in [0, 0.05) is 12.0 Å². The fourth-order valence-electron chi connectivity index (χ4n) is 2.11. The lowest BCUT2D eigenvalue weighted by Gasteiger charge is -2.32. The van der Waals surface area contributed by atoms with Gasteiger partial charge in [0.1, 0.15) is 0 Å². The fraction of sp³-hybridized carbons (Fsp3) is 0.636. The Morgan fingerprint density at radius 3 is 2.94 bits per heavy atom. The molecule has 0 aromatic carbocycles. The minimum atomic E-state index is -1.63. The molecule has 1 aliphatic carbocycles. The van der Waals surface area contributed by atoms with E-state index < -0.39 is 23.8 Å². The SMILES string of the molecule is C=C(C)C(=O)OC1CCC2CC1(O)OC2=O. The number of hydrogen-bond donors (Lipinski definition) is 1. The Bertz CT molecular complexity index is 361. The molecule has 1 saturated heterocycles. The minimum Gasteiger partial charge on any atom is -0.452 e. The molecule has 1 N–H and O–H groups in total. The Kier molecular flexibility index (Phi) is 2.50. The van der Waals surface area contributed by atoms with Gasteiger partial charge in [0.25, 0.3) is 0 Å². The standard InChI is InChI=1S/C11H14O5/c1-6(2)9(12)15-8-4-3-7-5-11(8,14)16-10(7)13/h7-8,14H,1,3-5H2,2H3. The van der Waals surface area contributed by atoms with Crippen molar-refractivity contribution in [1.82, 2.24) is 0 Å². The smallest absolute Gasteiger partial charge is 0.333 e. The van der Waals surface area contributed by atoms with Gasteiger partial charge in [-0.05, 0) is 19.8 Å². The van der Waals surface area contributed by atoms with Crippen molar-refractivity contribution in [3.63, 3.8) is 0 Å². The maximum Gasteiger partial charge on any atom is 0.333 e. The van der Waals surface area contributed by atoms with Crippen LogP contribution in [0.5, 0.6) is 0 Å². The fourth-order valence-corrected chi connectivity index (χ4v) is 2.11. The van der Waals surface area contributed by atoms with Crippen molar-refractivity contribution < 1.29 is 24.2 Å². The highest BCUT2D eigenvalue weighted by Gasteiger charge is 2.56. The monoisotopic (exact) mass is 226 g/mol. The molecule has 3 atom stereocenters. The van der Waals surface area contributed by atoms with Crippen molar-refractivity contribution >= 4 is 11.9 Å². The van der Waals surface area contributed by atoms with Crippen LogP contribution in [0.4, 0.5) is 0 Å². The number of hydrogen-bond acceptors (Lipinski definition) is 5. The molecule has 1 saturated carbocycles. The molecule has 0 spiro atoms. The third-order valence-electron chi connectivity index (χ3n) is 3.03. The maximum atomic E-state index is 11.3. The normalized spacial score (nSPS) is 36.8. The summed E-state index contributed by atoms with van der Waals surface area (Å²) in [5.41, 5.74) is 0.259. The number of ether oxygens (including phenoxy) is 2. The Morgan fingerprint density at radius 2 is 2.31 bits per heavy atom. The van der Waals surface area contributed by atoms with E-state index in [2.05, 4.69) is 6.58 Å². The number of aliphatic hydroxyl groups is 1. The lowest BCUT2D eigenvalue weighted by molar-refractivity contribution is -0.238. The summed E-state index contributed by atoms with van der Waals surface area (Å²) < 4.78 is 9.94. The first-order valence-electron chi connectivity index (χ1n) is 5.24. The number of rotatable bonds is 2. The highest BCUT2D eigenvalue weighted by Crippen LogP contribution is 2.42. The van der Waals surface area contributed by atoms with Gasteiger partial charge in [-0.1, -0.05) is 6.58 Å². The molecule has 5 nitrogen and oxygen atoms in total. The lowest BCUT2D eigenvalue weighted by Crippen LogP contribution is -2.46. The van der Waals surface area contributed by atoms with Crippen LogP contribution in [0.15, 0.2) is 12.2 Å². The van der Waals surface area contributed by atoms with Gasteiger partial charge in [-0.2, -0.15) is 0 Å². The van der Waals surface area contributed by atoms with Crippen LogP contribution in [0.25, 0.3) is 0 Å². The number of esters is 2. The average molecular weight is 226 g/mol. The summed E-state index contributed by atoms with van der Waals surface area (Å²) in [5.74, 6) is -2.87. The number of carbonyl (C=O) groups excluding carboxylic acids is 2. The van der Waals surface area contributed by atoms with E-state index in [9.17, 15) is 14.7 Å². The quantitative estimate of drug-likeness (QED) is 0.549. The second-order valence-electron chi connectivity index (χ2n) is 4.42. The first-order valence-corrected chi connectivity index (χ1v) is 5.24. The largest absolute Gasteiger partial charge is 0.452 e. The average Bonchev–Trinajstić information content (AvgIpc) is 2.43. The van der Waals surface area contributed by atoms with Gasteiger partial charge in [0.05, 0.1) is 5.92 Å². The van der Waals surface area contributed by atoms with Crippen LogP contribution in [-0.2, 0) is 19.1 Å². The third kappa shape index (κ3) is 1.71. The molecule has 5 heteroatoms. The van der Waals surface area contributed by atoms with Gasteiger partial charge in [0.15, 0.2) is 6.10 Å². The molecule has 3 unspecified atom stereocenters. The molecule has 16 heavy (non-hydrogen) atoms. The summed E-state index contributed by atoms with van der Waals surface area (Å²) in [7, 11) is 0. The summed E-state index contributed by atoms with van der Waals surface area (Å²) in [5, 5.41) is 10.0. The topological polar surface area (TPSA) is 72.8 Å². The summed E-state index contributed by atoms with van der Waals surface area (Å²) in [6, 6.07) is 0. The van der Waals surface area contributed by atoms with Crippen LogP contribution in [0.2, 0.25) is 0 Å². The third-order valence-corrected chi connectivity index (χ3v) is 3.03. The van der Waals surface area contributed by atoms with Crippen LogP contribution < -0.4 is 0 Å². The number of carbonyl (C=O) groups is 2. The Balaban J connectivity index is 2.09. The van der Waals surface area contributed by atoms with Gasteiger partial charge in [-0.3, -0.25) is 4.79 Å².